The van der Waals surface area contributed by atoms with Crippen molar-refractivity contribution in [3.05, 3.63) is 47.1 Å². The third kappa shape index (κ3) is 4.55. The predicted octanol–water partition coefficient (Wildman–Crippen LogP) is 6.32. The molecular formula is C30H34ClN3O3. The summed E-state index contributed by atoms with van der Waals surface area (Å²) in [5, 5.41) is 15.3. The van der Waals surface area contributed by atoms with E-state index in [1.807, 2.05) is 18.3 Å². The van der Waals surface area contributed by atoms with Crippen molar-refractivity contribution in [2.24, 2.45) is 0 Å². The monoisotopic (exact) mass is 519 g/mol. The maximum absolute atomic E-state index is 12.2. The molecule has 2 N–H and O–H groups in total. The lowest BCUT2D eigenvalue weighted by Gasteiger charge is -2.35. The quantitative estimate of drug-likeness (QED) is 0.356. The Morgan fingerprint density at radius 1 is 1.11 bits per heavy atom. The van der Waals surface area contributed by atoms with Crippen LogP contribution in [0.3, 0.4) is 0 Å². The number of nitrogens with zero attached hydrogens (tertiary/aromatic N) is 2. The molecule has 1 saturated heterocycles. The molecule has 0 spiro atoms. The van der Waals surface area contributed by atoms with Gasteiger partial charge in [-0.05, 0) is 99.8 Å². The molecule has 2 saturated carbocycles. The van der Waals surface area contributed by atoms with E-state index in [2.05, 4.69) is 16.3 Å². The van der Waals surface area contributed by atoms with Crippen LogP contribution in [0.1, 0.15) is 56.9 Å². The van der Waals surface area contributed by atoms with E-state index in [1.54, 1.807) is 12.1 Å². The third-order valence-corrected chi connectivity index (χ3v) is 8.99. The number of halogens is 1. The van der Waals surface area contributed by atoms with Gasteiger partial charge in [0.15, 0.2) is 11.5 Å². The minimum Gasteiger partial charge on any atom is -0.503 e. The maximum Gasteiger partial charge on any atom is 0.176 e. The summed E-state index contributed by atoms with van der Waals surface area (Å²) in [6.07, 6.45) is 12.1. The Morgan fingerprint density at radius 3 is 2.54 bits per heavy atom. The lowest BCUT2D eigenvalue weighted by molar-refractivity contribution is -0.109. The van der Waals surface area contributed by atoms with Gasteiger partial charge in [-0.3, -0.25) is 4.98 Å². The number of hydrogen-bond acceptors (Lipinski definition) is 6. The number of anilines is 1. The summed E-state index contributed by atoms with van der Waals surface area (Å²) in [6.45, 7) is 2.50. The molecule has 2 aliphatic carbocycles. The molecule has 3 aliphatic rings. The predicted molar refractivity (Wildman–Crippen MR) is 148 cm³/mol. The fraction of sp³-hybridized carbons (Fsp3) is 0.467. The molecule has 194 valence electrons. The number of nitrogens with one attached hydrogen (secondary N) is 1. The van der Waals surface area contributed by atoms with E-state index in [0.717, 1.165) is 65.3 Å². The zero-order valence-electron chi connectivity index (χ0n) is 21.3. The van der Waals surface area contributed by atoms with Crippen molar-refractivity contribution in [1.29, 1.82) is 0 Å². The number of aldehydes is 1. The van der Waals surface area contributed by atoms with Gasteiger partial charge in [-0.2, -0.15) is 0 Å². The molecule has 7 heteroatoms. The van der Waals surface area contributed by atoms with E-state index in [9.17, 15) is 9.90 Å². The molecule has 6 rings (SSSR count). The first kappa shape index (κ1) is 24.5. The molecule has 3 aromatic rings. The molecule has 37 heavy (non-hydrogen) atoms. The van der Waals surface area contributed by atoms with Gasteiger partial charge in [0.25, 0.3) is 0 Å². The molecule has 2 heterocycles. The largest absolute Gasteiger partial charge is 0.503 e. The van der Waals surface area contributed by atoms with Gasteiger partial charge in [0, 0.05) is 34.9 Å². The van der Waals surface area contributed by atoms with Crippen LogP contribution in [0, 0.1) is 0 Å². The van der Waals surface area contributed by atoms with Gasteiger partial charge < -0.3 is 24.9 Å². The van der Waals surface area contributed by atoms with Crippen molar-refractivity contribution >= 4 is 34.5 Å². The Morgan fingerprint density at radius 2 is 1.86 bits per heavy atom. The average molecular weight is 520 g/mol. The average Bonchev–Trinajstić information content (AvgIpc) is 3.53. The van der Waals surface area contributed by atoms with E-state index in [4.69, 9.17) is 21.3 Å². The number of likely N-dealkylation sites (tertiary alicyclic amines) is 1. The van der Waals surface area contributed by atoms with E-state index in [0.29, 0.717) is 17.8 Å². The standard InChI is InChI=1S/C30H34ClN3O3/c1-37-27-16-20(15-25(31)29(27)36)19-4-9-26-23(14-19)28(24(17-32-26)30(18-35)10-11-30)33-21-5-7-22(8-6-21)34-12-2-3-13-34/h4,9,14-18,21-22,36H,2-3,5-8,10-13H2,1H3,(H,32,33). The van der Waals surface area contributed by atoms with E-state index in [1.165, 1.54) is 45.9 Å². The van der Waals surface area contributed by atoms with Crippen molar-refractivity contribution in [1.82, 2.24) is 9.88 Å². The molecule has 0 unspecified atom stereocenters. The van der Waals surface area contributed by atoms with Gasteiger partial charge in [0.2, 0.25) is 0 Å². The number of hydrogen-bond donors (Lipinski definition) is 2. The van der Waals surface area contributed by atoms with Crippen LogP contribution >= 0.6 is 11.6 Å². The van der Waals surface area contributed by atoms with E-state index < -0.39 is 5.41 Å². The van der Waals surface area contributed by atoms with Gasteiger partial charge in [-0.1, -0.05) is 17.7 Å². The lowest BCUT2D eigenvalue weighted by atomic mass is 9.88. The highest BCUT2D eigenvalue weighted by atomic mass is 35.5. The minimum atomic E-state index is -0.433. The van der Waals surface area contributed by atoms with Crippen LogP contribution in [0.4, 0.5) is 5.69 Å². The fourth-order valence-corrected chi connectivity index (χ4v) is 6.49. The molecule has 0 atom stereocenters. The highest BCUT2D eigenvalue weighted by Crippen LogP contribution is 2.51. The molecule has 1 aliphatic heterocycles. The number of benzene rings is 2. The Labute approximate surface area is 223 Å². The fourth-order valence-electron chi connectivity index (χ4n) is 6.28. The number of pyridine rings is 1. The maximum atomic E-state index is 12.2. The number of fused-ring (bicyclic) bond motifs is 1. The Bertz CT molecular complexity index is 1330. The second-order valence-corrected chi connectivity index (χ2v) is 11.4. The molecular weight excluding hydrogens is 486 g/mol. The van der Waals surface area contributed by atoms with E-state index >= 15 is 0 Å². The molecule has 1 aromatic heterocycles. The number of rotatable bonds is 7. The zero-order chi connectivity index (χ0) is 25.6. The normalized spacial score (nSPS) is 23.2. The number of phenols is 1. The van der Waals surface area contributed by atoms with Crippen molar-refractivity contribution in [3.63, 3.8) is 0 Å². The smallest absolute Gasteiger partial charge is 0.176 e. The third-order valence-electron chi connectivity index (χ3n) is 8.70. The Balaban J connectivity index is 1.37. The molecule has 0 radical (unpaired) electrons. The number of ether oxygens (including phenoxy) is 1. The number of phenolic OH excluding ortho intramolecular Hbond substituents is 1. The first-order valence-electron chi connectivity index (χ1n) is 13.5. The lowest BCUT2D eigenvalue weighted by Crippen LogP contribution is -2.39. The van der Waals surface area contributed by atoms with Gasteiger partial charge in [-0.15, -0.1) is 0 Å². The summed E-state index contributed by atoms with van der Waals surface area (Å²) < 4.78 is 5.33. The topological polar surface area (TPSA) is 74.7 Å². The number of aromatic nitrogens is 1. The summed E-state index contributed by atoms with van der Waals surface area (Å²) >= 11 is 6.30. The van der Waals surface area contributed by atoms with Crippen LogP contribution < -0.4 is 10.1 Å². The van der Waals surface area contributed by atoms with Crippen molar-refractivity contribution < 1.29 is 14.6 Å². The number of aromatic hydroxyl groups is 1. The molecule has 6 nitrogen and oxygen atoms in total. The van der Waals surface area contributed by atoms with Crippen LogP contribution in [0.2, 0.25) is 5.02 Å². The van der Waals surface area contributed by atoms with Gasteiger partial charge in [0.1, 0.15) is 6.29 Å². The molecule has 3 fully saturated rings. The van der Waals surface area contributed by atoms with Crippen LogP contribution in [0.5, 0.6) is 11.5 Å². The van der Waals surface area contributed by atoms with Gasteiger partial charge in [0.05, 0.1) is 23.1 Å². The van der Waals surface area contributed by atoms with E-state index in [-0.39, 0.29) is 10.8 Å². The number of carbonyl (C=O) groups excluding carboxylic acids is 1. The Kier molecular flexibility index (Phi) is 6.49. The zero-order valence-corrected chi connectivity index (χ0v) is 22.1. The van der Waals surface area contributed by atoms with Gasteiger partial charge in [-0.25, -0.2) is 0 Å². The summed E-state index contributed by atoms with van der Waals surface area (Å²) in [5.41, 5.74) is 4.30. The summed E-state index contributed by atoms with van der Waals surface area (Å²) in [4.78, 5) is 19.6. The Hall–Kier alpha value is -2.83. The minimum absolute atomic E-state index is 0.0637. The van der Waals surface area contributed by atoms with Crippen molar-refractivity contribution in [2.75, 3.05) is 25.5 Å². The van der Waals surface area contributed by atoms with Crippen molar-refractivity contribution in [3.8, 4) is 22.6 Å². The highest BCUT2D eigenvalue weighted by Gasteiger charge is 2.46. The second kappa shape index (κ2) is 9.80. The van der Waals surface area contributed by atoms with Crippen LogP contribution in [0.15, 0.2) is 36.5 Å². The SMILES string of the molecule is COc1cc(-c2ccc3ncc(C4(C=O)CC4)c(NC4CCC(N5CCCC5)CC4)c3c2)cc(Cl)c1O. The molecule has 0 amide bonds. The van der Waals surface area contributed by atoms with Crippen LogP contribution in [-0.2, 0) is 10.2 Å². The summed E-state index contributed by atoms with van der Waals surface area (Å²) in [6, 6.07) is 10.8. The molecule has 0 bridgehead atoms. The van der Waals surface area contributed by atoms with Crippen LogP contribution in [-0.4, -0.2) is 53.6 Å². The van der Waals surface area contributed by atoms with Gasteiger partial charge >= 0.3 is 0 Å². The number of carbonyl (C=O) groups is 1. The second-order valence-electron chi connectivity index (χ2n) is 11.0. The highest BCUT2D eigenvalue weighted by molar-refractivity contribution is 6.32. The first-order chi connectivity index (χ1) is 18.0. The molecule has 2 aromatic carbocycles. The first-order valence-corrected chi connectivity index (χ1v) is 13.9. The van der Waals surface area contributed by atoms with Crippen LogP contribution in [0.25, 0.3) is 22.0 Å². The summed E-state index contributed by atoms with van der Waals surface area (Å²) in [5.74, 6) is 0.270. The van der Waals surface area contributed by atoms with Crippen molar-refractivity contribution in [2.45, 2.75) is 68.9 Å². The summed E-state index contributed by atoms with van der Waals surface area (Å²) in [7, 11) is 1.51. The number of methoxy groups -OCH3 is 1.